The van der Waals surface area contributed by atoms with Gasteiger partial charge in [0.25, 0.3) is 0 Å². The van der Waals surface area contributed by atoms with Crippen molar-refractivity contribution in [3.05, 3.63) is 29.3 Å². The van der Waals surface area contributed by atoms with E-state index < -0.39 is 6.17 Å². The number of hydrogen-bond donors (Lipinski definition) is 1. The van der Waals surface area contributed by atoms with E-state index in [1.54, 1.807) is 23.1 Å². The highest BCUT2D eigenvalue weighted by atomic mass is 35.5. The van der Waals surface area contributed by atoms with Crippen molar-refractivity contribution in [2.75, 3.05) is 18.1 Å². The molecule has 3 rings (SSSR count). The van der Waals surface area contributed by atoms with Gasteiger partial charge in [-0.15, -0.1) is 0 Å². The monoisotopic (exact) mass is 297 g/mol. The minimum atomic E-state index is -0.992. The molecule has 2 atom stereocenters. The van der Waals surface area contributed by atoms with E-state index in [2.05, 4.69) is 10.1 Å². The Bertz CT molecular complexity index is 607. The van der Waals surface area contributed by atoms with Crippen molar-refractivity contribution in [3.8, 4) is 11.4 Å². The molecule has 0 spiro atoms. The maximum atomic E-state index is 13.4. The van der Waals surface area contributed by atoms with Crippen molar-refractivity contribution >= 4 is 17.6 Å². The van der Waals surface area contributed by atoms with Crippen molar-refractivity contribution in [2.45, 2.75) is 18.6 Å². The van der Waals surface area contributed by atoms with Crippen LogP contribution in [-0.4, -0.2) is 40.6 Å². The molecule has 20 heavy (non-hydrogen) atoms. The molecule has 1 aliphatic heterocycles. The quantitative estimate of drug-likeness (QED) is 0.942. The summed E-state index contributed by atoms with van der Waals surface area (Å²) in [5, 5.41) is 13.7. The number of aliphatic hydroxyl groups is 1. The number of nitrogens with zero attached hydrogens (tertiary/aromatic N) is 3. The van der Waals surface area contributed by atoms with E-state index in [0.717, 1.165) is 5.56 Å². The molecule has 0 aliphatic carbocycles. The third-order valence-electron chi connectivity index (χ3n) is 3.32. The van der Waals surface area contributed by atoms with E-state index in [1.165, 1.54) is 0 Å². The smallest absolute Gasteiger partial charge is 0.324 e. The van der Waals surface area contributed by atoms with Gasteiger partial charge in [0.2, 0.25) is 5.82 Å². The van der Waals surface area contributed by atoms with E-state index in [0.29, 0.717) is 10.8 Å². The Morgan fingerprint density at radius 2 is 2.35 bits per heavy atom. The lowest BCUT2D eigenvalue weighted by molar-refractivity contribution is 0.252. The summed E-state index contributed by atoms with van der Waals surface area (Å²) >= 11 is 5.91. The summed E-state index contributed by atoms with van der Waals surface area (Å²) < 4.78 is 18.6. The lowest BCUT2D eigenvalue weighted by Crippen LogP contribution is -2.32. The predicted molar refractivity (Wildman–Crippen MR) is 72.5 cm³/mol. The lowest BCUT2D eigenvalue weighted by Gasteiger charge is -2.18. The Hall–Kier alpha value is -1.66. The first-order valence-corrected chi connectivity index (χ1v) is 6.66. The van der Waals surface area contributed by atoms with Crippen molar-refractivity contribution in [2.24, 2.45) is 0 Å². The minimum absolute atomic E-state index is 0.144. The summed E-state index contributed by atoms with van der Waals surface area (Å²) in [6.45, 7) is 0.0116. The van der Waals surface area contributed by atoms with Crippen molar-refractivity contribution < 1.29 is 14.0 Å². The maximum Gasteiger partial charge on any atom is 0.324 e. The average Bonchev–Trinajstić information content (AvgIpc) is 3.04. The van der Waals surface area contributed by atoms with Gasteiger partial charge in [-0.25, -0.2) is 4.39 Å². The molecule has 0 unspecified atom stereocenters. The van der Waals surface area contributed by atoms with E-state index in [1.807, 2.05) is 6.07 Å². The van der Waals surface area contributed by atoms with Crippen molar-refractivity contribution in [1.82, 2.24) is 10.1 Å². The van der Waals surface area contributed by atoms with Crippen molar-refractivity contribution in [3.63, 3.8) is 0 Å². The zero-order valence-electron chi connectivity index (χ0n) is 10.5. The molecule has 1 aromatic carbocycles. The van der Waals surface area contributed by atoms with Gasteiger partial charge in [0.15, 0.2) is 0 Å². The Kier molecular flexibility index (Phi) is 3.58. The molecule has 0 saturated carbocycles. The van der Waals surface area contributed by atoms with Crippen LogP contribution in [0.2, 0.25) is 5.02 Å². The van der Waals surface area contributed by atoms with E-state index in [-0.39, 0.29) is 31.6 Å². The predicted octanol–water partition coefficient (Wildman–Crippen LogP) is 2.30. The van der Waals surface area contributed by atoms with Crippen LogP contribution in [0, 0.1) is 0 Å². The Morgan fingerprint density at radius 3 is 3.10 bits per heavy atom. The highest BCUT2D eigenvalue weighted by molar-refractivity contribution is 6.30. The van der Waals surface area contributed by atoms with Crippen LogP contribution in [0.1, 0.15) is 6.42 Å². The van der Waals surface area contributed by atoms with Gasteiger partial charge in [-0.1, -0.05) is 28.9 Å². The first-order valence-electron chi connectivity index (χ1n) is 6.28. The fourth-order valence-corrected chi connectivity index (χ4v) is 2.53. The fraction of sp³-hybridized carbons (Fsp3) is 0.385. The normalized spacial score (nSPS) is 22.4. The van der Waals surface area contributed by atoms with Crippen LogP contribution in [0.4, 0.5) is 10.4 Å². The van der Waals surface area contributed by atoms with Crippen LogP contribution < -0.4 is 4.90 Å². The molecule has 1 aliphatic rings. The highest BCUT2D eigenvalue weighted by Crippen LogP contribution is 2.28. The molecule has 2 heterocycles. The van der Waals surface area contributed by atoms with Crippen LogP contribution in [0.5, 0.6) is 0 Å². The second-order valence-corrected chi connectivity index (χ2v) is 5.17. The average molecular weight is 298 g/mol. The Morgan fingerprint density at radius 1 is 1.50 bits per heavy atom. The number of aromatic nitrogens is 2. The molecule has 1 aromatic heterocycles. The second kappa shape index (κ2) is 5.38. The molecule has 5 nitrogen and oxygen atoms in total. The second-order valence-electron chi connectivity index (χ2n) is 4.73. The first kappa shape index (κ1) is 13.3. The van der Waals surface area contributed by atoms with Gasteiger partial charge in [0.05, 0.1) is 19.2 Å². The summed E-state index contributed by atoms with van der Waals surface area (Å²) in [5.74, 6) is 0.390. The van der Waals surface area contributed by atoms with Crippen LogP contribution in [0.25, 0.3) is 11.4 Å². The fourth-order valence-electron chi connectivity index (χ4n) is 2.34. The summed E-state index contributed by atoms with van der Waals surface area (Å²) in [6.07, 6.45) is -0.723. The summed E-state index contributed by atoms with van der Waals surface area (Å²) in [5.41, 5.74) is 0.726. The van der Waals surface area contributed by atoms with Gasteiger partial charge in [-0.2, -0.15) is 4.98 Å². The molecule has 106 valence electrons. The number of aliphatic hydroxyl groups excluding tert-OH is 1. The first-order chi connectivity index (χ1) is 9.67. The molecule has 1 N–H and O–H groups in total. The zero-order chi connectivity index (χ0) is 14.1. The summed E-state index contributed by atoms with van der Waals surface area (Å²) in [6, 6.07) is 6.98. The van der Waals surface area contributed by atoms with Crippen LogP contribution in [0.3, 0.4) is 0 Å². The summed E-state index contributed by atoms with van der Waals surface area (Å²) in [7, 11) is 0. The standard InChI is InChI=1S/C13H13ClFN3O2/c14-9-3-1-2-8(4-9)12-16-13(20-17-12)18-6-10(15)5-11(18)7-19/h1-4,10-11,19H,5-7H2/t10-,11-/m0/s1. The maximum absolute atomic E-state index is 13.4. The third kappa shape index (κ3) is 2.48. The SMILES string of the molecule is OC[C@@H]1C[C@H](F)CN1c1nc(-c2cccc(Cl)c2)no1. The van der Waals surface area contributed by atoms with Crippen LogP contribution >= 0.6 is 11.6 Å². The Balaban J connectivity index is 1.87. The Labute approximate surface area is 120 Å². The molecule has 0 amide bonds. The highest BCUT2D eigenvalue weighted by Gasteiger charge is 2.34. The molecule has 7 heteroatoms. The van der Waals surface area contributed by atoms with Gasteiger partial charge in [-0.05, 0) is 12.1 Å². The van der Waals surface area contributed by atoms with E-state index in [4.69, 9.17) is 16.1 Å². The lowest BCUT2D eigenvalue weighted by atomic mass is 10.2. The molecule has 0 bridgehead atoms. The zero-order valence-corrected chi connectivity index (χ0v) is 11.3. The molecular formula is C13H13ClFN3O2. The van der Waals surface area contributed by atoms with Crippen LogP contribution in [0.15, 0.2) is 28.8 Å². The van der Waals surface area contributed by atoms with E-state index >= 15 is 0 Å². The summed E-state index contributed by atoms with van der Waals surface area (Å²) in [4.78, 5) is 5.85. The van der Waals surface area contributed by atoms with Crippen molar-refractivity contribution in [1.29, 1.82) is 0 Å². The van der Waals surface area contributed by atoms with E-state index in [9.17, 15) is 9.50 Å². The molecular weight excluding hydrogens is 285 g/mol. The number of anilines is 1. The van der Waals surface area contributed by atoms with Crippen LogP contribution in [-0.2, 0) is 0 Å². The van der Waals surface area contributed by atoms with Gasteiger partial charge >= 0.3 is 6.01 Å². The van der Waals surface area contributed by atoms with Gasteiger partial charge in [0.1, 0.15) is 6.17 Å². The number of alkyl halides is 1. The minimum Gasteiger partial charge on any atom is -0.394 e. The largest absolute Gasteiger partial charge is 0.394 e. The third-order valence-corrected chi connectivity index (χ3v) is 3.55. The number of benzene rings is 1. The van der Waals surface area contributed by atoms with Gasteiger partial charge < -0.3 is 14.5 Å². The number of hydrogen-bond acceptors (Lipinski definition) is 5. The molecule has 1 fully saturated rings. The van der Waals surface area contributed by atoms with Gasteiger partial charge in [-0.3, -0.25) is 0 Å². The van der Waals surface area contributed by atoms with Gasteiger partial charge in [0, 0.05) is 17.0 Å². The number of halogens is 2. The molecule has 2 aromatic rings. The number of rotatable bonds is 3. The molecule has 0 radical (unpaired) electrons. The molecule has 1 saturated heterocycles. The topological polar surface area (TPSA) is 62.4 Å².